The van der Waals surface area contributed by atoms with Crippen molar-refractivity contribution in [1.82, 2.24) is 4.90 Å². The second-order valence-electron chi connectivity index (χ2n) is 6.16. The maximum absolute atomic E-state index is 12.9. The van der Waals surface area contributed by atoms with Gasteiger partial charge in [0.05, 0.1) is 25.5 Å². The molecule has 1 aliphatic rings. The van der Waals surface area contributed by atoms with Gasteiger partial charge in [-0.15, -0.1) is 0 Å². The quantitative estimate of drug-likeness (QED) is 0.795. The fourth-order valence-corrected chi connectivity index (χ4v) is 3.06. The van der Waals surface area contributed by atoms with Gasteiger partial charge in [0.15, 0.2) is 0 Å². The van der Waals surface area contributed by atoms with Crippen LogP contribution in [0, 0.1) is 6.92 Å². The number of methoxy groups -OCH3 is 2. The normalized spacial score (nSPS) is 14.0. The molecule has 0 saturated carbocycles. The zero-order valence-corrected chi connectivity index (χ0v) is 15.8. The summed E-state index contributed by atoms with van der Waals surface area (Å²) >= 11 is 0. The monoisotopic (exact) mass is 366 g/mol. The van der Waals surface area contributed by atoms with Crippen LogP contribution in [0.25, 0.3) is 5.57 Å². The predicted molar refractivity (Wildman–Crippen MR) is 104 cm³/mol. The van der Waals surface area contributed by atoms with Crippen LogP contribution >= 0.6 is 0 Å². The Morgan fingerprint density at radius 1 is 0.963 bits per heavy atom. The van der Waals surface area contributed by atoms with Crippen molar-refractivity contribution >= 4 is 23.1 Å². The first-order valence-electron chi connectivity index (χ1n) is 8.66. The van der Waals surface area contributed by atoms with Gasteiger partial charge in [0.2, 0.25) is 0 Å². The Labute approximate surface area is 158 Å². The molecule has 6 heteroatoms. The predicted octanol–water partition coefficient (Wildman–Crippen LogP) is 3.22. The molecule has 0 radical (unpaired) electrons. The molecule has 1 aliphatic heterocycles. The highest BCUT2D eigenvalue weighted by atomic mass is 16.5. The number of carbonyl (C=O) groups excluding carboxylic acids is 2. The minimum absolute atomic E-state index is 0.246. The minimum atomic E-state index is -0.350. The van der Waals surface area contributed by atoms with Crippen LogP contribution in [0.1, 0.15) is 18.1 Å². The molecule has 0 bridgehead atoms. The van der Waals surface area contributed by atoms with Crippen LogP contribution < -0.4 is 14.8 Å². The molecular formula is C21H22N2O4. The minimum Gasteiger partial charge on any atom is -0.497 e. The van der Waals surface area contributed by atoms with Gasteiger partial charge in [-0.1, -0.05) is 18.2 Å². The number of nitrogens with one attached hydrogen (secondary N) is 1. The maximum Gasteiger partial charge on any atom is 0.278 e. The van der Waals surface area contributed by atoms with Gasteiger partial charge in [-0.05, 0) is 49.2 Å². The molecule has 0 aromatic heterocycles. The fraction of sp³-hybridized carbons (Fsp3) is 0.238. The van der Waals surface area contributed by atoms with Crippen LogP contribution in [0.15, 0.2) is 48.2 Å². The molecule has 2 amide bonds. The number of nitrogens with zero attached hydrogens (tertiary/aromatic N) is 1. The summed E-state index contributed by atoms with van der Waals surface area (Å²) < 4.78 is 10.6. The first-order chi connectivity index (χ1) is 13.0. The maximum atomic E-state index is 12.9. The molecule has 0 atom stereocenters. The van der Waals surface area contributed by atoms with Gasteiger partial charge >= 0.3 is 0 Å². The van der Waals surface area contributed by atoms with Crippen molar-refractivity contribution in [2.24, 2.45) is 0 Å². The van der Waals surface area contributed by atoms with Crippen molar-refractivity contribution in [2.75, 3.05) is 26.1 Å². The lowest BCUT2D eigenvalue weighted by atomic mass is 10.0. The van der Waals surface area contributed by atoms with Gasteiger partial charge in [0.1, 0.15) is 17.2 Å². The van der Waals surface area contributed by atoms with Crippen molar-refractivity contribution in [1.29, 1.82) is 0 Å². The van der Waals surface area contributed by atoms with Crippen molar-refractivity contribution in [3.63, 3.8) is 0 Å². The molecule has 0 spiro atoms. The lowest BCUT2D eigenvalue weighted by Crippen LogP contribution is -2.32. The summed E-state index contributed by atoms with van der Waals surface area (Å²) in [4.78, 5) is 27.0. The zero-order chi connectivity index (χ0) is 19.6. The Bertz CT molecular complexity index is 916. The van der Waals surface area contributed by atoms with Gasteiger partial charge < -0.3 is 14.8 Å². The van der Waals surface area contributed by atoms with Crippen LogP contribution in [0.4, 0.5) is 5.69 Å². The smallest absolute Gasteiger partial charge is 0.278 e. The number of amides is 2. The van der Waals surface area contributed by atoms with Crippen LogP contribution in [-0.2, 0) is 9.59 Å². The highest BCUT2D eigenvalue weighted by Gasteiger charge is 2.38. The van der Waals surface area contributed by atoms with Crippen molar-refractivity contribution < 1.29 is 19.1 Å². The molecular weight excluding hydrogens is 344 g/mol. The SMILES string of the molecule is CCN1C(=O)C(Nc2cc(C)ccc2OC)=C(c2ccc(OC)cc2)C1=O. The summed E-state index contributed by atoms with van der Waals surface area (Å²) in [5, 5.41) is 3.13. The Kier molecular flexibility index (Phi) is 5.16. The van der Waals surface area contributed by atoms with E-state index >= 15 is 0 Å². The number of likely N-dealkylation sites (N-methyl/N-ethyl adjacent to an activating group) is 1. The third-order valence-corrected chi connectivity index (χ3v) is 4.48. The molecule has 140 valence electrons. The third-order valence-electron chi connectivity index (χ3n) is 4.48. The summed E-state index contributed by atoms with van der Waals surface area (Å²) in [7, 11) is 3.14. The fourth-order valence-electron chi connectivity index (χ4n) is 3.06. The number of rotatable bonds is 6. The average Bonchev–Trinajstić information content (AvgIpc) is 2.91. The third kappa shape index (κ3) is 3.38. The number of hydrogen-bond donors (Lipinski definition) is 1. The molecule has 1 N–H and O–H groups in total. The Morgan fingerprint density at radius 2 is 1.67 bits per heavy atom. The molecule has 0 fully saturated rings. The van der Waals surface area contributed by atoms with E-state index in [-0.39, 0.29) is 17.5 Å². The number of ether oxygens (including phenoxy) is 2. The van der Waals surface area contributed by atoms with Gasteiger partial charge in [-0.2, -0.15) is 0 Å². The summed E-state index contributed by atoms with van der Waals surface area (Å²) in [6.07, 6.45) is 0. The number of aryl methyl sites for hydroxylation is 1. The van der Waals surface area contributed by atoms with E-state index in [1.807, 2.05) is 25.1 Å². The van der Waals surface area contributed by atoms with Gasteiger partial charge in [0.25, 0.3) is 11.8 Å². The topological polar surface area (TPSA) is 67.9 Å². The van der Waals surface area contributed by atoms with E-state index in [0.717, 1.165) is 5.56 Å². The number of hydrogen-bond acceptors (Lipinski definition) is 5. The van der Waals surface area contributed by atoms with E-state index in [0.29, 0.717) is 34.9 Å². The molecule has 2 aromatic carbocycles. The lowest BCUT2D eigenvalue weighted by molar-refractivity contribution is -0.136. The standard InChI is InChI=1S/C21H22N2O4/c1-5-23-20(24)18(14-7-9-15(26-3)10-8-14)19(21(23)25)22-16-12-13(2)6-11-17(16)27-4/h6-12,22H,5H2,1-4H3. The summed E-state index contributed by atoms with van der Waals surface area (Å²) in [5.74, 6) is 0.606. The molecule has 27 heavy (non-hydrogen) atoms. The number of anilines is 1. The van der Waals surface area contributed by atoms with Crippen molar-refractivity contribution in [3.05, 3.63) is 59.3 Å². The number of carbonyl (C=O) groups is 2. The first kappa shape index (κ1) is 18.5. The van der Waals surface area contributed by atoms with Gasteiger partial charge in [-0.25, -0.2) is 0 Å². The highest BCUT2D eigenvalue weighted by molar-refractivity contribution is 6.36. The highest BCUT2D eigenvalue weighted by Crippen LogP contribution is 2.34. The molecule has 1 heterocycles. The Hall–Kier alpha value is -3.28. The zero-order valence-electron chi connectivity index (χ0n) is 15.8. The van der Waals surface area contributed by atoms with E-state index in [2.05, 4.69) is 5.32 Å². The van der Waals surface area contributed by atoms with E-state index in [1.54, 1.807) is 45.4 Å². The molecule has 2 aromatic rings. The lowest BCUT2D eigenvalue weighted by Gasteiger charge is -2.14. The second-order valence-corrected chi connectivity index (χ2v) is 6.16. The van der Waals surface area contributed by atoms with E-state index < -0.39 is 0 Å². The van der Waals surface area contributed by atoms with Crippen LogP contribution in [0.3, 0.4) is 0 Å². The van der Waals surface area contributed by atoms with Crippen LogP contribution in [-0.4, -0.2) is 37.5 Å². The van der Waals surface area contributed by atoms with Gasteiger partial charge in [-0.3, -0.25) is 14.5 Å². The summed E-state index contributed by atoms with van der Waals surface area (Å²) in [6, 6.07) is 12.7. The molecule has 0 saturated heterocycles. The Morgan fingerprint density at radius 3 is 2.26 bits per heavy atom. The molecule has 0 aliphatic carbocycles. The summed E-state index contributed by atoms with van der Waals surface area (Å²) in [6.45, 7) is 4.02. The van der Waals surface area contributed by atoms with E-state index in [4.69, 9.17) is 9.47 Å². The van der Waals surface area contributed by atoms with E-state index in [9.17, 15) is 9.59 Å². The van der Waals surface area contributed by atoms with Crippen LogP contribution in [0.5, 0.6) is 11.5 Å². The largest absolute Gasteiger partial charge is 0.497 e. The average molecular weight is 366 g/mol. The molecule has 0 unspecified atom stereocenters. The molecule has 6 nitrogen and oxygen atoms in total. The Balaban J connectivity index is 2.11. The molecule has 3 rings (SSSR count). The van der Waals surface area contributed by atoms with Crippen LogP contribution in [0.2, 0.25) is 0 Å². The van der Waals surface area contributed by atoms with Crippen molar-refractivity contribution in [2.45, 2.75) is 13.8 Å². The summed E-state index contributed by atoms with van der Waals surface area (Å²) in [5.41, 5.74) is 2.88. The van der Waals surface area contributed by atoms with E-state index in [1.165, 1.54) is 4.90 Å². The number of benzene rings is 2. The first-order valence-corrected chi connectivity index (χ1v) is 8.66. The second kappa shape index (κ2) is 7.53. The van der Waals surface area contributed by atoms with Gasteiger partial charge in [0, 0.05) is 6.54 Å². The van der Waals surface area contributed by atoms with Crippen molar-refractivity contribution in [3.8, 4) is 11.5 Å². The number of imide groups is 1.